The van der Waals surface area contributed by atoms with E-state index in [0.717, 1.165) is 29.6 Å². The van der Waals surface area contributed by atoms with Gasteiger partial charge in [0, 0.05) is 18.0 Å². The Labute approximate surface area is 165 Å². The van der Waals surface area contributed by atoms with Crippen molar-refractivity contribution in [1.29, 1.82) is 0 Å². The first-order valence-corrected chi connectivity index (χ1v) is 11.2. The van der Waals surface area contributed by atoms with Gasteiger partial charge in [-0.1, -0.05) is 83.1 Å². The van der Waals surface area contributed by atoms with Crippen LogP contribution < -0.4 is 0 Å². The molecule has 2 aromatic rings. The molecule has 0 aliphatic heterocycles. The molecule has 0 unspecified atom stereocenters. The summed E-state index contributed by atoms with van der Waals surface area (Å²) < 4.78 is 0. The molecule has 146 valence electrons. The average Bonchev–Trinajstić information content (AvgIpc) is 2.73. The third-order valence-corrected chi connectivity index (χ3v) is 6.24. The van der Waals surface area contributed by atoms with Crippen LogP contribution in [0.3, 0.4) is 0 Å². The summed E-state index contributed by atoms with van der Waals surface area (Å²) in [4.78, 5) is 9.12. The molecule has 27 heavy (non-hydrogen) atoms. The zero-order valence-electron chi connectivity index (χ0n) is 17.3. The number of rotatable bonds is 9. The highest BCUT2D eigenvalue weighted by Crippen LogP contribution is 2.33. The van der Waals surface area contributed by atoms with Crippen molar-refractivity contribution >= 4 is 0 Å². The number of unbranched alkanes of at least 4 members (excludes halogenated alkanes) is 1. The second-order valence-corrected chi connectivity index (χ2v) is 8.43. The fourth-order valence-corrected chi connectivity index (χ4v) is 4.42. The van der Waals surface area contributed by atoms with Crippen molar-refractivity contribution < 1.29 is 0 Å². The Kier molecular flexibility index (Phi) is 7.86. The minimum absolute atomic E-state index is 0.844. The lowest BCUT2D eigenvalue weighted by atomic mass is 9.78. The summed E-state index contributed by atoms with van der Waals surface area (Å²) in [6.45, 7) is 4.54. The molecule has 1 aliphatic carbocycles. The van der Waals surface area contributed by atoms with Crippen molar-refractivity contribution in [2.24, 2.45) is 11.8 Å². The summed E-state index contributed by atoms with van der Waals surface area (Å²) in [5.74, 6) is 2.80. The van der Waals surface area contributed by atoms with E-state index in [0.29, 0.717) is 0 Å². The Morgan fingerprint density at radius 1 is 0.741 bits per heavy atom. The molecular weight excluding hydrogens is 328 g/mol. The zero-order chi connectivity index (χ0) is 18.9. The predicted octanol–water partition coefficient (Wildman–Crippen LogP) is 7.03. The van der Waals surface area contributed by atoms with E-state index in [2.05, 4.69) is 48.1 Å². The van der Waals surface area contributed by atoms with E-state index in [1.54, 1.807) is 0 Å². The molecule has 1 saturated carbocycles. The average molecular weight is 365 g/mol. The van der Waals surface area contributed by atoms with Gasteiger partial charge in [-0.15, -0.1) is 0 Å². The highest BCUT2D eigenvalue weighted by molar-refractivity contribution is 5.55. The van der Waals surface area contributed by atoms with E-state index in [1.807, 2.05) is 12.4 Å². The van der Waals surface area contributed by atoms with Crippen LogP contribution in [0.1, 0.15) is 82.8 Å². The molecule has 0 radical (unpaired) electrons. The van der Waals surface area contributed by atoms with Crippen molar-refractivity contribution in [3.05, 3.63) is 47.8 Å². The molecule has 2 nitrogen and oxygen atoms in total. The lowest BCUT2D eigenvalue weighted by molar-refractivity contribution is 0.252. The maximum atomic E-state index is 4.56. The molecule has 0 N–H and O–H groups in total. The summed E-state index contributed by atoms with van der Waals surface area (Å²) in [5.41, 5.74) is 3.82. The maximum absolute atomic E-state index is 4.56. The normalized spacial score (nSPS) is 19.9. The van der Waals surface area contributed by atoms with Gasteiger partial charge >= 0.3 is 0 Å². The van der Waals surface area contributed by atoms with Gasteiger partial charge in [0.15, 0.2) is 5.82 Å². The molecule has 1 fully saturated rings. The van der Waals surface area contributed by atoms with Gasteiger partial charge in [-0.3, -0.25) is 0 Å². The first-order chi connectivity index (χ1) is 13.3. The van der Waals surface area contributed by atoms with Crippen LogP contribution in [-0.2, 0) is 12.8 Å². The predicted molar refractivity (Wildman–Crippen MR) is 115 cm³/mol. The SMILES string of the molecule is CCCCc1cnc(-c2ccc(CC[C@H]3CC[C@H](CCC)CC3)cc2)nc1. The lowest BCUT2D eigenvalue weighted by Crippen LogP contribution is -2.15. The monoisotopic (exact) mass is 364 g/mol. The number of aryl methyl sites for hydroxylation is 2. The van der Waals surface area contributed by atoms with Crippen LogP contribution >= 0.6 is 0 Å². The quantitative estimate of drug-likeness (QED) is 0.477. The third kappa shape index (κ3) is 6.16. The number of nitrogens with zero attached hydrogens (tertiary/aromatic N) is 2. The number of hydrogen-bond donors (Lipinski definition) is 0. The van der Waals surface area contributed by atoms with Crippen molar-refractivity contribution in [3.63, 3.8) is 0 Å². The van der Waals surface area contributed by atoms with Gasteiger partial charge < -0.3 is 0 Å². The van der Waals surface area contributed by atoms with Crippen LogP contribution in [0.15, 0.2) is 36.7 Å². The number of benzene rings is 1. The maximum Gasteiger partial charge on any atom is 0.159 e. The molecule has 3 rings (SSSR count). The van der Waals surface area contributed by atoms with Crippen LogP contribution in [0, 0.1) is 11.8 Å². The van der Waals surface area contributed by atoms with Crippen LogP contribution in [0.25, 0.3) is 11.4 Å². The summed E-state index contributed by atoms with van der Waals surface area (Å²) in [6.07, 6.45) is 18.6. The summed E-state index contributed by atoms with van der Waals surface area (Å²) >= 11 is 0. The Hall–Kier alpha value is -1.70. The van der Waals surface area contributed by atoms with E-state index in [4.69, 9.17) is 0 Å². The van der Waals surface area contributed by atoms with Crippen LogP contribution in [0.4, 0.5) is 0 Å². The standard InChI is InChI=1S/C25H36N2/c1-3-5-7-23-18-26-25(27-19-23)24-16-14-22(15-17-24)13-12-21-10-8-20(6-4-2)9-11-21/h14-21H,3-13H2,1-2H3/t20-,21-. The molecule has 0 atom stereocenters. The van der Waals surface area contributed by atoms with Crippen molar-refractivity contribution in [2.75, 3.05) is 0 Å². The summed E-state index contributed by atoms with van der Waals surface area (Å²) in [6, 6.07) is 8.92. The molecule has 0 amide bonds. The molecule has 1 aromatic heterocycles. The van der Waals surface area contributed by atoms with Gasteiger partial charge in [0.1, 0.15) is 0 Å². The molecule has 0 spiro atoms. The Balaban J connectivity index is 1.47. The topological polar surface area (TPSA) is 25.8 Å². The smallest absolute Gasteiger partial charge is 0.159 e. The van der Waals surface area contributed by atoms with Gasteiger partial charge in [0.05, 0.1) is 0 Å². The van der Waals surface area contributed by atoms with Crippen molar-refractivity contribution in [3.8, 4) is 11.4 Å². The van der Waals surface area contributed by atoms with Crippen LogP contribution in [0.2, 0.25) is 0 Å². The molecule has 1 aromatic carbocycles. The Morgan fingerprint density at radius 2 is 1.37 bits per heavy atom. The van der Waals surface area contributed by atoms with E-state index >= 15 is 0 Å². The molecular formula is C25H36N2. The van der Waals surface area contributed by atoms with Crippen molar-refractivity contribution in [2.45, 2.75) is 84.5 Å². The molecule has 1 heterocycles. The summed E-state index contributed by atoms with van der Waals surface area (Å²) in [7, 11) is 0. The number of aromatic nitrogens is 2. The minimum atomic E-state index is 0.844. The van der Waals surface area contributed by atoms with Gasteiger partial charge in [-0.2, -0.15) is 0 Å². The lowest BCUT2D eigenvalue weighted by Gasteiger charge is -2.28. The van der Waals surface area contributed by atoms with Gasteiger partial charge in [-0.05, 0) is 48.6 Å². The highest BCUT2D eigenvalue weighted by atomic mass is 14.9. The minimum Gasteiger partial charge on any atom is -0.236 e. The molecule has 0 bridgehead atoms. The summed E-state index contributed by atoms with van der Waals surface area (Å²) in [5, 5.41) is 0. The second kappa shape index (κ2) is 10.6. The largest absolute Gasteiger partial charge is 0.236 e. The highest BCUT2D eigenvalue weighted by Gasteiger charge is 2.20. The van der Waals surface area contributed by atoms with Crippen LogP contribution in [0.5, 0.6) is 0 Å². The third-order valence-electron chi connectivity index (χ3n) is 6.24. The fourth-order valence-electron chi connectivity index (χ4n) is 4.42. The van der Waals surface area contributed by atoms with Gasteiger partial charge in [-0.25, -0.2) is 9.97 Å². The first kappa shape index (κ1) is 20.0. The number of hydrogen-bond acceptors (Lipinski definition) is 2. The van der Waals surface area contributed by atoms with E-state index in [-0.39, 0.29) is 0 Å². The zero-order valence-corrected chi connectivity index (χ0v) is 17.3. The first-order valence-electron chi connectivity index (χ1n) is 11.2. The molecule has 2 heteroatoms. The van der Waals surface area contributed by atoms with E-state index < -0.39 is 0 Å². The second-order valence-electron chi connectivity index (χ2n) is 8.43. The molecule has 1 aliphatic rings. The van der Waals surface area contributed by atoms with E-state index in [1.165, 1.54) is 75.3 Å². The van der Waals surface area contributed by atoms with Crippen LogP contribution in [-0.4, -0.2) is 9.97 Å². The Morgan fingerprint density at radius 3 is 1.96 bits per heavy atom. The Bertz CT molecular complexity index is 652. The molecule has 0 saturated heterocycles. The van der Waals surface area contributed by atoms with Crippen molar-refractivity contribution in [1.82, 2.24) is 9.97 Å². The fraction of sp³-hybridized carbons (Fsp3) is 0.600. The van der Waals surface area contributed by atoms with E-state index in [9.17, 15) is 0 Å². The van der Waals surface area contributed by atoms with Gasteiger partial charge in [0.2, 0.25) is 0 Å². The van der Waals surface area contributed by atoms with Gasteiger partial charge in [0.25, 0.3) is 0 Å².